The van der Waals surface area contributed by atoms with Gasteiger partial charge >= 0.3 is 0 Å². The van der Waals surface area contributed by atoms with E-state index in [0.29, 0.717) is 28.3 Å². The summed E-state index contributed by atoms with van der Waals surface area (Å²) >= 11 is 0. The summed E-state index contributed by atoms with van der Waals surface area (Å²) in [4.78, 5) is 12.6. The number of ether oxygens (including phenoxy) is 1. The van der Waals surface area contributed by atoms with Crippen LogP contribution in [0.5, 0.6) is 11.5 Å². The lowest BCUT2D eigenvalue weighted by atomic mass is 10.1. The maximum Gasteiger partial charge on any atom is 0.291 e. The summed E-state index contributed by atoms with van der Waals surface area (Å²) in [6.07, 6.45) is -1.13. The van der Waals surface area contributed by atoms with E-state index in [2.05, 4.69) is 5.32 Å². The van der Waals surface area contributed by atoms with Gasteiger partial charge in [0.1, 0.15) is 23.3 Å². The van der Waals surface area contributed by atoms with Crippen molar-refractivity contribution in [2.75, 3.05) is 5.32 Å². The lowest BCUT2D eigenvalue weighted by molar-refractivity contribution is 0.0998. The summed E-state index contributed by atoms with van der Waals surface area (Å²) in [5, 5.41) is 13.4. The molecule has 0 aliphatic carbocycles. The molecule has 0 fully saturated rings. The predicted molar refractivity (Wildman–Crippen MR) is 111 cm³/mol. The fourth-order valence-electron chi connectivity index (χ4n) is 3.13. The third-order valence-electron chi connectivity index (χ3n) is 4.63. The van der Waals surface area contributed by atoms with Gasteiger partial charge in [-0.05, 0) is 43.3 Å². The molecular weight excluding hydrogens is 368 g/mol. The zero-order chi connectivity index (χ0) is 20.4. The Morgan fingerprint density at radius 1 is 1.03 bits per heavy atom. The second-order valence-corrected chi connectivity index (χ2v) is 6.62. The van der Waals surface area contributed by atoms with Crippen LogP contribution in [0.25, 0.3) is 11.0 Å². The molecule has 29 heavy (non-hydrogen) atoms. The maximum atomic E-state index is 12.6. The number of rotatable bonds is 5. The number of hydrogen-bond donors (Lipinski definition) is 3. The van der Waals surface area contributed by atoms with Crippen molar-refractivity contribution < 1.29 is 19.1 Å². The van der Waals surface area contributed by atoms with E-state index in [0.717, 1.165) is 10.9 Å². The predicted octanol–water partition coefficient (Wildman–Crippen LogP) is 4.74. The Labute approximate surface area is 167 Å². The Kier molecular flexibility index (Phi) is 5.03. The van der Waals surface area contributed by atoms with Gasteiger partial charge in [-0.3, -0.25) is 4.79 Å². The van der Waals surface area contributed by atoms with Crippen molar-refractivity contribution in [3.8, 4) is 11.5 Å². The molecule has 0 radical (unpaired) electrons. The average molecular weight is 388 g/mol. The number of furan rings is 1. The van der Waals surface area contributed by atoms with E-state index in [4.69, 9.17) is 14.9 Å². The van der Waals surface area contributed by atoms with Crippen LogP contribution >= 0.6 is 0 Å². The van der Waals surface area contributed by atoms with E-state index >= 15 is 0 Å². The fraction of sp³-hybridized carbons (Fsp3) is 0.0870. The molecule has 1 amide bonds. The number of nitrogens with two attached hydrogens (primary N) is 1. The molecule has 4 N–H and O–H groups in total. The molecule has 1 aromatic heterocycles. The third kappa shape index (κ3) is 3.85. The van der Waals surface area contributed by atoms with E-state index in [9.17, 15) is 9.90 Å². The van der Waals surface area contributed by atoms with Crippen molar-refractivity contribution in [1.82, 2.24) is 0 Å². The number of aliphatic hydroxyl groups excluding tert-OH is 1. The number of nitrogens with one attached hydrogen (secondary N) is 1. The summed E-state index contributed by atoms with van der Waals surface area (Å²) < 4.78 is 11.5. The number of benzene rings is 3. The van der Waals surface area contributed by atoms with Gasteiger partial charge in [-0.15, -0.1) is 0 Å². The highest BCUT2D eigenvalue weighted by Crippen LogP contribution is 2.29. The minimum atomic E-state index is -1.13. The van der Waals surface area contributed by atoms with E-state index in [-0.39, 0.29) is 11.7 Å². The molecule has 0 aliphatic heterocycles. The van der Waals surface area contributed by atoms with Gasteiger partial charge in [0.25, 0.3) is 5.91 Å². The van der Waals surface area contributed by atoms with Gasteiger partial charge in [0.2, 0.25) is 0 Å². The second-order valence-electron chi connectivity index (χ2n) is 6.62. The molecule has 6 heteroatoms. The first-order valence-corrected chi connectivity index (χ1v) is 9.13. The number of carbonyl (C=O) groups excluding carboxylic acids is 1. The van der Waals surface area contributed by atoms with Gasteiger partial charge in [-0.2, -0.15) is 0 Å². The Morgan fingerprint density at radius 3 is 2.45 bits per heavy atom. The van der Waals surface area contributed by atoms with Crippen LogP contribution in [0.1, 0.15) is 27.9 Å². The van der Waals surface area contributed by atoms with Crippen LogP contribution in [-0.4, -0.2) is 11.0 Å². The largest absolute Gasteiger partial charge is 0.457 e. The summed E-state index contributed by atoms with van der Waals surface area (Å²) in [5.41, 5.74) is 8.14. The highest BCUT2D eigenvalue weighted by Gasteiger charge is 2.17. The molecule has 6 nitrogen and oxygen atoms in total. The summed E-state index contributed by atoms with van der Waals surface area (Å²) in [6, 6.07) is 21.4. The van der Waals surface area contributed by atoms with E-state index in [1.54, 1.807) is 48.5 Å². The number of amides is 1. The number of carbonyl (C=O) groups is 1. The lowest BCUT2D eigenvalue weighted by Crippen LogP contribution is -2.12. The number of fused-ring (bicyclic) bond motifs is 1. The van der Waals surface area contributed by atoms with Gasteiger partial charge in [-0.1, -0.05) is 36.4 Å². The van der Waals surface area contributed by atoms with Crippen LogP contribution in [0.15, 0.2) is 77.2 Å². The van der Waals surface area contributed by atoms with Crippen LogP contribution in [-0.2, 0) is 0 Å². The van der Waals surface area contributed by atoms with Crippen molar-refractivity contribution in [2.45, 2.75) is 13.2 Å². The molecular formula is C23H20N2O4. The first-order valence-electron chi connectivity index (χ1n) is 9.13. The monoisotopic (exact) mass is 388 g/mol. The first-order chi connectivity index (χ1) is 14.0. The molecule has 0 saturated carbocycles. The molecule has 0 spiro atoms. The minimum Gasteiger partial charge on any atom is -0.457 e. The van der Waals surface area contributed by atoms with Crippen LogP contribution in [0, 0.1) is 6.92 Å². The standard InChI is InChI=1S/C23H20N2O4/c1-14-17-6-2-4-8-19(17)29-21(14)23(27)25-15-10-12-16(13-11-15)28-20-9-5-3-7-18(20)22(24)26/h2-13,22,26H,24H2,1H3,(H,25,27). The molecule has 4 aromatic rings. The molecule has 1 heterocycles. The SMILES string of the molecule is Cc1c(C(=O)Nc2ccc(Oc3ccccc3C(N)O)cc2)oc2ccccc12. The summed E-state index contributed by atoms with van der Waals surface area (Å²) in [7, 11) is 0. The minimum absolute atomic E-state index is 0.289. The van der Waals surface area contributed by atoms with Gasteiger partial charge < -0.3 is 25.3 Å². The number of hydrogen-bond acceptors (Lipinski definition) is 5. The Hall–Kier alpha value is -3.61. The van der Waals surface area contributed by atoms with E-state index in [1.165, 1.54) is 0 Å². The fourth-order valence-corrected chi connectivity index (χ4v) is 3.13. The molecule has 1 unspecified atom stereocenters. The normalized spacial score (nSPS) is 12.0. The molecule has 1 atom stereocenters. The van der Waals surface area contributed by atoms with Crippen molar-refractivity contribution in [3.05, 3.63) is 89.7 Å². The molecule has 3 aromatic carbocycles. The zero-order valence-corrected chi connectivity index (χ0v) is 15.8. The van der Waals surface area contributed by atoms with Crippen molar-refractivity contribution in [1.29, 1.82) is 0 Å². The van der Waals surface area contributed by atoms with Crippen LogP contribution < -0.4 is 15.8 Å². The molecule has 0 saturated heterocycles. The topological polar surface area (TPSA) is 97.7 Å². The smallest absolute Gasteiger partial charge is 0.291 e. The van der Waals surface area contributed by atoms with Crippen molar-refractivity contribution in [2.24, 2.45) is 5.73 Å². The Morgan fingerprint density at radius 2 is 1.72 bits per heavy atom. The Balaban J connectivity index is 1.50. The van der Waals surface area contributed by atoms with E-state index < -0.39 is 6.23 Å². The summed E-state index contributed by atoms with van der Waals surface area (Å²) in [6.45, 7) is 1.86. The van der Waals surface area contributed by atoms with Crippen LogP contribution in [0.3, 0.4) is 0 Å². The van der Waals surface area contributed by atoms with E-state index in [1.807, 2.05) is 31.2 Å². The van der Waals surface area contributed by atoms with Crippen molar-refractivity contribution in [3.63, 3.8) is 0 Å². The summed E-state index contributed by atoms with van der Waals surface area (Å²) in [5.74, 6) is 0.995. The van der Waals surface area contributed by atoms with Gasteiger partial charge in [0.05, 0.1) is 0 Å². The maximum absolute atomic E-state index is 12.6. The number of para-hydroxylation sites is 2. The first kappa shape index (κ1) is 18.7. The highest BCUT2D eigenvalue weighted by atomic mass is 16.5. The lowest BCUT2D eigenvalue weighted by Gasteiger charge is -2.13. The Bertz CT molecular complexity index is 1160. The zero-order valence-electron chi connectivity index (χ0n) is 15.8. The van der Waals surface area contributed by atoms with Crippen molar-refractivity contribution >= 4 is 22.6 Å². The average Bonchev–Trinajstić information content (AvgIpc) is 3.07. The van der Waals surface area contributed by atoms with Crippen LogP contribution in [0.4, 0.5) is 5.69 Å². The quantitative estimate of drug-likeness (QED) is 0.429. The third-order valence-corrected chi connectivity index (χ3v) is 4.63. The number of aryl methyl sites for hydroxylation is 1. The van der Waals surface area contributed by atoms with Gasteiger partial charge in [-0.25, -0.2) is 0 Å². The number of anilines is 1. The molecule has 0 aliphatic rings. The van der Waals surface area contributed by atoms with Gasteiger partial charge in [0, 0.05) is 22.2 Å². The van der Waals surface area contributed by atoms with Crippen LogP contribution in [0.2, 0.25) is 0 Å². The second kappa shape index (κ2) is 7.79. The van der Waals surface area contributed by atoms with Gasteiger partial charge in [0.15, 0.2) is 5.76 Å². The highest BCUT2D eigenvalue weighted by molar-refractivity contribution is 6.06. The number of aliphatic hydroxyl groups is 1. The molecule has 146 valence electrons. The molecule has 0 bridgehead atoms. The molecule has 4 rings (SSSR count).